The third-order valence-corrected chi connectivity index (χ3v) is 4.71. The predicted octanol–water partition coefficient (Wildman–Crippen LogP) is 2.11. The summed E-state index contributed by atoms with van der Waals surface area (Å²) in [5, 5.41) is 12.9. The Morgan fingerprint density at radius 3 is 2.95 bits per heavy atom. The Labute approximate surface area is 132 Å². The SMILES string of the molecule is CCCn1cnnc1[C@@H]1CCCN(Cc2cnn(C)c2C)C1. The number of aromatic nitrogens is 5. The molecule has 22 heavy (non-hydrogen) atoms. The molecule has 6 heteroatoms. The van der Waals surface area contributed by atoms with Crippen LogP contribution < -0.4 is 0 Å². The largest absolute Gasteiger partial charge is 0.317 e. The number of hydrogen-bond acceptors (Lipinski definition) is 4. The average molecular weight is 302 g/mol. The second-order valence-electron chi connectivity index (χ2n) is 6.34. The highest BCUT2D eigenvalue weighted by Gasteiger charge is 2.25. The van der Waals surface area contributed by atoms with Crippen molar-refractivity contribution >= 4 is 0 Å². The van der Waals surface area contributed by atoms with Crippen molar-refractivity contribution in [2.24, 2.45) is 7.05 Å². The molecule has 6 nitrogen and oxygen atoms in total. The van der Waals surface area contributed by atoms with E-state index in [4.69, 9.17) is 0 Å². The van der Waals surface area contributed by atoms with Crippen LogP contribution in [-0.4, -0.2) is 42.5 Å². The first kappa shape index (κ1) is 15.2. The zero-order valence-corrected chi connectivity index (χ0v) is 13.9. The maximum Gasteiger partial charge on any atom is 0.137 e. The van der Waals surface area contributed by atoms with Crippen LogP contribution in [0.2, 0.25) is 0 Å². The summed E-state index contributed by atoms with van der Waals surface area (Å²) in [5.41, 5.74) is 2.59. The van der Waals surface area contributed by atoms with Crippen molar-refractivity contribution in [2.45, 2.75) is 52.1 Å². The van der Waals surface area contributed by atoms with Gasteiger partial charge in [0.1, 0.15) is 12.2 Å². The van der Waals surface area contributed by atoms with Crippen molar-refractivity contribution in [3.8, 4) is 0 Å². The highest BCUT2D eigenvalue weighted by Crippen LogP contribution is 2.26. The average Bonchev–Trinajstić information content (AvgIpc) is 3.10. The van der Waals surface area contributed by atoms with Crippen LogP contribution >= 0.6 is 0 Å². The first-order valence-corrected chi connectivity index (χ1v) is 8.26. The molecule has 0 amide bonds. The molecule has 0 aromatic carbocycles. The summed E-state index contributed by atoms with van der Waals surface area (Å²) in [4.78, 5) is 2.53. The third-order valence-electron chi connectivity index (χ3n) is 4.71. The summed E-state index contributed by atoms with van der Waals surface area (Å²) in [6, 6.07) is 0. The number of hydrogen-bond donors (Lipinski definition) is 0. The molecule has 1 saturated heterocycles. The van der Waals surface area contributed by atoms with Crippen LogP contribution in [0, 0.1) is 6.92 Å². The second-order valence-corrected chi connectivity index (χ2v) is 6.34. The van der Waals surface area contributed by atoms with E-state index in [1.54, 1.807) is 0 Å². The Balaban J connectivity index is 1.69. The van der Waals surface area contributed by atoms with Crippen molar-refractivity contribution in [2.75, 3.05) is 13.1 Å². The van der Waals surface area contributed by atoms with Gasteiger partial charge in [-0.25, -0.2) is 0 Å². The normalized spacial score (nSPS) is 19.7. The molecule has 3 heterocycles. The lowest BCUT2D eigenvalue weighted by Crippen LogP contribution is -2.35. The third kappa shape index (κ3) is 3.06. The van der Waals surface area contributed by atoms with Gasteiger partial charge in [0.15, 0.2) is 0 Å². The zero-order valence-electron chi connectivity index (χ0n) is 13.9. The van der Waals surface area contributed by atoms with E-state index in [0.717, 1.165) is 38.4 Å². The Morgan fingerprint density at radius 2 is 2.23 bits per heavy atom. The fourth-order valence-electron chi connectivity index (χ4n) is 3.34. The summed E-state index contributed by atoms with van der Waals surface area (Å²) in [5.74, 6) is 1.66. The van der Waals surface area contributed by atoms with Gasteiger partial charge >= 0.3 is 0 Å². The van der Waals surface area contributed by atoms with E-state index in [1.807, 2.05) is 24.3 Å². The van der Waals surface area contributed by atoms with Crippen LogP contribution in [0.3, 0.4) is 0 Å². The highest BCUT2D eigenvalue weighted by molar-refractivity contribution is 5.16. The molecule has 1 atom stereocenters. The van der Waals surface area contributed by atoms with E-state index in [-0.39, 0.29) is 0 Å². The van der Waals surface area contributed by atoms with E-state index in [0.29, 0.717) is 5.92 Å². The Kier molecular flexibility index (Phi) is 4.57. The van der Waals surface area contributed by atoms with Crippen LogP contribution in [0.1, 0.15) is 49.2 Å². The molecule has 0 aliphatic carbocycles. The molecule has 0 N–H and O–H groups in total. The molecular formula is C16H26N6. The molecule has 2 aromatic heterocycles. The molecular weight excluding hydrogens is 276 g/mol. The molecule has 1 fully saturated rings. The van der Waals surface area contributed by atoms with Crippen molar-refractivity contribution < 1.29 is 0 Å². The minimum atomic E-state index is 0.500. The van der Waals surface area contributed by atoms with E-state index < -0.39 is 0 Å². The van der Waals surface area contributed by atoms with Gasteiger partial charge in [-0.2, -0.15) is 5.10 Å². The summed E-state index contributed by atoms with van der Waals surface area (Å²) >= 11 is 0. The fraction of sp³-hybridized carbons (Fsp3) is 0.688. The van der Waals surface area contributed by atoms with Crippen LogP contribution in [0.4, 0.5) is 0 Å². The van der Waals surface area contributed by atoms with Crippen molar-refractivity contribution in [1.29, 1.82) is 0 Å². The van der Waals surface area contributed by atoms with Gasteiger partial charge in [0.25, 0.3) is 0 Å². The van der Waals surface area contributed by atoms with E-state index in [2.05, 4.69) is 38.6 Å². The molecule has 3 rings (SSSR count). The molecule has 0 unspecified atom stereocenters. The van der Waals surface area contributed by atoms with Gasteiger partial charge < -0.3 is 4.57 Å². The Bertz CT molecular complexity index is 614. The van der Waals surface area contributed by atoms with E-state index in [1.165, 1.54) is 24.1 Å². The lowest BCUT2D eigenvalue weighted by molar-refractivity contribution is 0.194. The summed E-state index contributed by atoms with van der Waals surface area (Å²) in [7, 11) is 2.01. The smallest absolute Gasteiger partial charge is 0.137 e. The summed E-state index contributed by atoms with van der Waals surface area (Å²) in [6.45, 7) is 8.56. The molecule has 0 radical (unpaired) electrons. The van der Waals surface area contributed by atoms with E-state index in [9.17, 15) is 0 Å². The maximum absolute atomic E-state index is 4.39. The maximum atomic E-state index is 4.39. The van der Waals surface area contributed by atoms with Crippen LogP contribution in [0.15, 0.2) is 12.5 Å². The molecule has 0 bridgehead atoms. The number of aryl methyl sites for hydroxylation is 2. The first-order chi connectivity index (χ1) is 10.7. The van der Waals surface area contributed by atoms with Gasteiger partial charge in [-0.15, -0.1) is 10.2 Å². The lowest BCUT2D eigenvalue weighted by atomic mass is 9.96. The highest BCUT2D eigenvalue weighted by atomic mass is 15.3. The van der Waals surface area contributed by atoms with Gasteiger partial charge in [-0.3, -0.25) is 9.58 Å². The molecule has 2 aromatic rings. The minimum absolute atomic E-state index is 0.500. The molecule has 0 saturated carbocycles. The number of nitrogens with zero attached hydrogens (tertiary/aromatic N) is 6. The Hall–Kier alpha value is -1.69. The van der Waals surface area contributed by atoms with Crippen LogP contribution in [0.25, 0.3) is 0 Å². The minimum Gasteiger partial charge on any atom is -0.317 e. The summed E-state index contributed by atoms with van der Waals surface area (Å²) in [6.07, 6.45) is 7.44. The monoisotopic (exact) mass is 302 g/mol. The standard InChI is InChI=1S/C16H26N6/c1-4-7-22-12-17-19-16(22)14-6-5-8-21(10-14)11-15-9-18-20(3)13(15)2/h9,12,14H,4-8,10-11H2,1-3H3/t14-/m1/s1. The molecule has 0 spiro atoms. The van der Waals surface area contributed by atoms with Crippen molar-refractivity contribution in [3.63, 3.8) is 0 Å². The first-order valence-electron chi connectivity index (χ1n) is 8.26. The van der Waals surface area contributed by atoms with Gasteiger partial charge in [0.05, 0.1) is 6.20 Å². The van der Waals surface area contributed by atoms with Gasteiger partial charge in [-0.05, 0) is 32.7 Å². The molecule has 1 aliphatic heterocycles. The zero-order chi connectivity index (χ0) is 15.5. The second kappa shape index (κ2) is 6.60. The van der Waals surface area contributed by atoms with Gasteiger partial charge in [0, 0.05) is 43.9 Å². The predicted molar refractivity (Wildman–Crippen MR) is 85.5 cm³/mol. The van der Waals surface area contributed by atoms with Crippen LogP contribution in [0.5, 0.6) is 0 Å². The fourth-order valence-corrected chi connectivity index (χ4v) is 3.34. The topological polar surface area (TPSA) is 51.8 Å². The quantitative estimate of drug-likeness (QED) is 0.849. The molecule has 120 valence electrons. The van der Waals surface area contributed by atoms with E-state index >= 15 is 0 Å². The molecule has 1 aliphatic rings. The van der Waals surface area contributed by atoms with Crippen molar-refractivity contribution in [3.05, 3.63) is 29.6 Å². The van der Waals surface area contributed by atoms with Crippen molar-refractivity contribution in [1.82, 2.24) is 29.4 Å². The van der Waals surface area contributed by atoms with Gasteiger partial charge in [-0.1, -0.05) is 6.92 Å². The summed E-state index contributed by atoms with van der Waals surface area (Å²) < 4.78 is 4.18. The lowest BCUT2D eigenvalue weighted by Gasteiger charge is -2.32. The Morgan fingerprint density at radius 1 is 1.36 bits per heavy atom. The van der Waals surface area contributed by atoms with Gasteiger partial charge in [0.2, 0.25) is 0 Å². The number of rotatable bonds is 5. The van der Waals surface area contributed by atoms with Crippen LogP contribution in [-0.2, 0) is 20.1 Å². The number of piperidine rings is 1. The number of likely N-dealkylation sites (tertiary alicyclic amines) is 1.